The van der Waals surface area contributed by atoms with Crippen molar-refractivity contribution in [3.8, 4) is 0 Å². The molecule has 0 spiro atoms. The molecule has 0 bridgehead atoms. The molecule has 1 unspecified atom stereocenters. The number of hydrogen-bond acceptors (Lipinski definition) is 2. The van der Waals surface area contributed by atoms with Gasteiger partial charge in [0.2, 0.25) is 5.91 Å². The minimum Gasteiger partial charge on any atom is -0.349 e. The van der Waals surface area contributed by atoms with Gasteiger partial charge < -0.3 is 5.32 Å². The molecule has 1 aliphatic rings. The molecule has 0 aliphatic heterocycles. The van der Waals surface area contributed by atoms with E-state index in [0.717, 1.165) is 17.5 Å². The van der Waals surface area contributed by atoms with E-state index in [9.17, 15) is 18.0 Å². The van der Waals surface area contributed by atoms with Gasteiger partial charge in [-0.05, 0) is 40.0 Å². The van der Waals surface area contributed by atoms with Gasteiger partial charge in [-0.3, -0.25) is 9.48 Å². The fraction of sp³-hybridized carbons (Fsp3) is 0.733. The quantitative estimate of drug-likeness (QED) is 0.859. The molecule has 1 aromatic rings. The fourth-order valence-electron chi connectivity index (χ4n) is 2.26. The number of halogens is 4. The van der Waals surface area contributed by atoms with Gasteiger partial charge in [-0.25, -0.2) is 0 Å². The molecule has 1 heterocycles. The van der Waals surface area contributed by atoms with E-state index in [-0.39, 0.29) is 16.8 Å². The third-order valence-electron chi connectivity index (χ3n) is 4.21. The van der Waals surface area contributed by atoms with Crippen LogP contribution in [-0.4, -0.2) is 21.2 Å². The van der Waals surface area contributed by atoms with Gasteiger partial charge in [-0.2, -0.15) is 18.3 Å². The maximum absolute atomic E-state index is 13.1. The van der Waals surface area contributed by atoms with Crippen molar-refractivity contribution in [1.29, 1.82) is 0 Å². The monoisotopic (exact) mass is 351 g/mol. The maximum Gasteiger partial charge on any atom is 0.436 e. The van der Waals surface area contributed by atoms with Crippen molar-refractivity contribution in [1.82, 2.24) is 15.1 Å². The van der Waals surface area contributed by atoms with Crippen LogP contribution in [0.1, 0.15) is 70.3 Å². The summed E-state index contributed by atoms with van der Waals surface area (Å²) < 4.78 is 40.3. The van der Waals surface area contributed by atoms with E-state index in [0.29, 0.717) is 12.1 Å². The van der Waals surface area contributed by atoms with Crippen LogP contribution in [0.4, 0.5) is 13.2 Å². The van der Waals surface area contributed by atoms with E-state index >= 15 is 0 Å². The Hall–Kier alpha value is -1.24. The van der Waals surface area contributed by atoms with E-state index in [1.165, 1.54) is 6.92 Å². The van der Waals surface area contributed by atoms with E-state index in [1.54, 1.807) is 0 Å². The minimum atomic E-state index is -4.63. The zero-order chi connectivity index (χ0) is 17.6. The molecule has 1 aliphatic carbocycles. The van der Waals surface area contributed by atoms with Crippen molar-refractivity contribution in [2.24, 2.45) is 0 Å². The van der Waals surface area contributed by atoms with Gasteiger partial charge in [-0.1, -0.05) is 18.5 Å². The molecule has 4 nitrogen and oxygen atoms in total. The Morgan fingerprint density at radius 3 is 2.43 bits per heavy atom. The Bertz CT molecular complexity index is 606. The van der Waals surface area contributed by atoms with E-state index in [2.05, 4.69) is 10.4 Å². The SMILES string of the molecule is CCC(C)(C)NC(=O)C(C)n1nc(C(F)(F)F)c(Cl)c1C1CC1. The molecule has 1 fully saturated rings. The lowest BCUT2D eigenvalue weighted by atomic mass is 10.0. The van der Waals surface area contributed by atoms with Gasteiger partial charge >= 0.3 is 6.18 Å². The molecule has 1 amide bonds. The van der Waals surface area contributed by atoms with E-state index in [1.807, 2.05) is 20.8 Å². The van der Waals surface area contributed by atoms with Gasteiger partial charge in [0.25, 0.3) is 0 Å². The second kappa shape index (κ2) is 6.00. The second-order valence-electron chi connectivity index (χ2n) is 6.67. The third-order valence-corrected chi connectivity index (χ3v) is 4.58. The van der Waals surface area contributed by atoms with Crippen molar-refractivity contribution >= 4 is 17.5 Å². The molecule has 1 N–H and O–H groups in total. The van der Waals surface area contributed by atoms with Gasteiger partial charge in [0.05, 0.1) is 10.7 Å². The van der Waals surface area contributed by atoms with Crippen LogP contribution in [0.2, 0.25) is 5.02 Å². The lowest BCUT2D eigenvalue weighted by Crippen LogP contribution is -2.45. The summed E-state index contributed by atoms with van der Waals surface area (Å²) in [7, 11) is 0. The molecule has 0 aromatic carbocycles. The Labute approximate surface area is 138 Å². The molecule has 23 heavy (non-hydrogen) atoms. The van der Waals surface area contributed by atoms with Crippen LogP contribution in [0.3, 0.4) is 0 Å². The summed E-state index contributed by atoms with van der Waals surface area (Å²) >= 11 is 5.92. The predicted molar refractivity (Wildman–Crippen MR) is 81.4 cm³/mol. The highest BCUT2D eigenvalue weighted by atomic mass is 35.5. The first-order valence-electron chi connectivity index (χ1n) is 7.65. The van der Waals surface area contributed by atoms with Gasteiger partial charge in [0.15, 0.2) is 5.69 Å². The third kappa shape index (κ3) is 3.82. The Morgan fingerprint density at radius 2 is 2.00 bits per heavy atom. The number of carbonyl (C=O) groups excluding carboxylic acids is 1. The average molecular weight is 352 g/mol. The standard InChI is InChI=1S/C15H21ClF3N3O/c1-5-14(3,4)20-13(23)8(2)22-11(9-6-7-9)10(16)12(21-22)15(17,18)19/h8-9H,5-7H2,1-4H3,(H,20,23). The lowest BCUT2D eigenvalue weighted by Gasteiger charge is -2.27. The van der Waals surface area contributed by atoms with Crippen molar-refractivity contribution in [3.05, 3.63) is 16.4 Å². The largest absolute Gasteiger partial charge is 0.436 e. The molecule has 1 aromatic heterocycles. The number of nitrogens with zero attached hydrogens (tertiary/aromatic N) is 2. The zero-order valence-electron chi connectivity index (χ0n) is 13.6. The summed E-state index contributed by atoms with van der Waals surface area (Å²) in [5, 5.41) is 6.07. The van der Waals surface area contributed by atoms with Crippen LogP contribution >= 0.6 is 11.6 Å². The molecule has 8 heteroatoms. The highest BCUT2D eigenvalue weighted by molar-refractivity contribution is 6.32. The topological polar surface area (TPSA) is 46.9 Å². The highest BCUT2D eigenvalue weighted by Gasteiger charge is 2.43. The second-order valence-corrected chi connectivity index (χ2v) is 7.05. The van der Waals surface area contributed by atoms with Crippen LogP contribution in [0.25, 0.3) is 0 Å². The Balaban J connectivity index is 2.36. The Morgan fingerprint density at radius 1 is 1.43 bits per heavy atom. The van der Waals surface area contributed by atoms with Crippen LogP contribution in [0.5, 0.6) is 0 Å². The molecule has 0 radical (unpaired) electrons. The van der Waals surface area contributed by atoms with E-state index < -0.39 is 23.5 Å². The maximum atomic E-state index is 13.1. The summed E-state index contributed by atoms with van der Waals surface area (Å²) in [6.07, 6.45) is -2.41. The summed E-state index contributed by atoms with van der Waals surface area (Å²) in [6, 6.07) is -0.856. The number of amides is 1. The van der Waals surface area contributed by atoms with Crippen molar-refractivity contribution < 1.29 is 18.0 Å². The zero-order valence-corrected chi connectivity index (χ0v) is 14.3. The normalized spacial score (nSPS) is 17.2. The average Bonchev–Trinajstić information content (AvgIpc) is 3.19. The number of aromatic nitrogens is 2. The first-order chi connectivity index (χ1) is 10.5. The molecule has 2 rings (SSSR count). The number of alkyl halides is 3. The molecule has 1 saturated carbocycles. The lowest BCUT2D eigenvalue weighted by molar-refractivity contribution is -0.142. The predicted octanol–water partition coefficient (Wildman–Crippen LogP) is 4.30. The summed E-state index contributed by atoms with van der Waals surface area (Å²) in [4.78, 5) is 12.4. The number of carbonyl (C=O) groups is 1. The van der Waals surface area contributed by atoms with Crippen LogP contribution in [-0.2, 0) is 11.0 Å². The smallest absolute Gasteiger partial charge is 0.349 e. The molecule has 0 saturated heterocycles. The van der Waals surface area contributed by atoms with Crippen molar-refractivity contribution in [3.63, 3.8) is 0 Å². The summed E-state index contributed by atoms with van der Waals surface area (Å²) in [5.41, 5.74) is -1.24. The molecule has 130 valence electrons. The van der Waals surface area contributed by atoms with Gasteiger partial charge in [-0.15, -0.1) is 0 Å². The van der Waals surface area contributed by atoms with Crippen LogP contribution in [0, 0.1) is 0 Å². The molecular formula is C15H21ClF3N3O. The highest BCUT2D eigenvalue weighted by Crippen LogP contribution is 2.47. The Kier molecular flexibility index (Phi) is 4.72. The number of hydrogen-bond donors (Lipinski definition) is 1. The van der Waals surface area contributed by atoms with Gasteiger partial charge in [0, 0.05) is 11.5 Å². The van der Waals surface area contributed by atoms with Gasteiger partial charge in [0.1, 0.15) is 6.04 Å². The number of nitrogens with one attached hydrogen (secondary N) is 1. The molecular weight excluding hydrogens is 331 g/mol. The van der Waals surface area contributed by atoms with E-state index in [4.69, 9.17) is 11.6 Å². The first-order valence-corrected chi connectivity index (χ1v) is 8.03. The summed E-state index contributed by atoms with van der Waals surface area (Å²) in [6.45, 7) is 7.18. The van der Waals surface area contributed by atoms with Crippen LogP contribution in [0.15, 0.2) is 0 Å². The number of rotatable bonds is 5. The van der Waals surface area contributed by atoms with Crippen LogP contribution < -0.4 is 5.32 Å². The molecule has 1 atom stereocenters. The summed E-state index contributed by atoms with van der Waals surface area (Å²) in [5.74, 6) is -0.424. The fourth-order valence-corrected chi connectivity index (χ4v) is 2.65. The van der Waals surface area contributed by atoms with Crippen molar-refractivity contribution in [2.45, 2.75) is 70.6 Å². The van der Waals surface area contributed by atoms with Crippen molar-refractivity contribution in [2.75, 3.05) is 0 Å². The first kappa shape index (κ1) is 18.1. The minimum absolute atomic E-state index is 0.0551.